The van der Waals surface area contributed by atoms with Crippen LogP contribution in [0, 0.1) is 5.82 Å². The number of furan rings is 1. The van der Waals surface area contributed by atoms with E-state index in [1.165, 1.54) is 37.4 Å². The molecular weight excluding hydrogens is 325 g/mol. The van der Waals surface area contributed by atoms with Crippen molar-refractivity contribution in [2.45, 2.75) is 20.0 Å². The van der Waals surface area contributed by atoms with Crippen LogP contribution in [-0.2, 0) is 0 Å². The highest BCUT2D eigenvalue weighted by molar-refractivity contribution is 6.11. The molecule has 1 aromatic heterocycles. The second-order valence-corrected chi connectivity index (χ2v) is 5.87. The summed E-state index contributed by atoms with van der Waals surface area (Å²) in [6.45, 7) is 3.68. The van der Waals surface area contributed by atoms with Gasteiger partial charge in [0.25, 0.3) is 5.91 Å². The highest BCUT2D eigenvalue weighted by Crippen LogP contribution is 2.39. The summed E-state index contributed by atoms with van der Waals surface area (Å²) in [6, 6.07) is 8.63. The second-order valence-electron chi connectivity index (χ2n) is 5.87. The molecule has 25 heavy (non-hydrogen) atoms. The Kier molecular flexibility index (Phi) is 4.35. The molecule has 3 aromatic rings. The first kappa shape index (κ1) is 16.8. The van der Waals surface area contributed by atoms with Crippen LogP contribution in [-0.4, -0.2) is 24.2 Å². The molecule has 0 radical (unpaired) electrons. The molecule has 0 saturated carbocycles. The summed E-state index contributed by atoms with van der Waals surface area (Å²) in [5.74, 6) is -0.264. The third-order valence-electron chi connectivity index (χ3n) is 3.69. The molecule has 0 aliphatic rings. The lowest BCUT2D eigenvalue weighted by Crippen LogP contribution is -2.18. The fourth-order valence-electron chi connectivity index (χ4n) is 2.62. The van der Waals surface area contributed by atoms with Gasteiger partial charge in [-0.15, -0.1) is 0 Å². The molecule has 1 amide bonds. The van der Waals surface area contributed by atoms with E-state index in [2.05, 4.69) is 5.32 Å². The van der Waals surface area contributed by atoms with E-state index in [-0.39, 0.29) is 34.9 Å². The minimum Gasteiger partial charge on any atom is -0.504 e. The van der Waals surface area contributed by atoms with Gasteiger partial charge in [-0.25, -0.2) is 4.39 Å². The van der Waals surface area contributed by atoms with E-state index in [9.17, 15) is 14.3 Å². The van der Waals surface area contributed by atoms with Gasteiger partial charge in [-0.05, 0) is 44.2 Å². The number of benzene rings is 2. The van der Waals surface area contributed by atoms with Crippen LogP contribution in [0.2, 0.25) is 0 Å². The van der Waals surface area contributed by atoms with E-state index >= 15 is 0 Å². The summed E-state index contributed by atoms with van der Waals surface area (Å²) in [6.07, 6.45) is -0.131. The van der Waals surface area contributed by atoms with Gasteiger partial charge in [-0.1, -0.05) is 0 Å². The van der Waals surface area contributed by atoms with Gasteiger partial charge in [-0.3, -0.25) is 4.79 Å². The molecule has 3 rings (SSSR count). The highest BCUT2D eigenvalue weighted by atomic mass is 19.1. The lowest BCUT2D eigenvalue weighted by atomic mass is 10.0. The van der Waals surface area contributed by atoms with Crippen LogP contribution >= 0.6 is 0 Å². The third kappa shape index (κ3) is 3.15. The molecule has 0 aliphatic carbocycles. The van der Waals surface area contributed by atoms with E-state index in [0.29, 0.717) is 22.3 Å². The molecular formula is C19H18FNO4. The number of phenols is 1. The number of amides is 1. The lowest BCUT2D eigenvalue weighted by Gasteiger charge is -2.10. The lowest BCUT2D eigenvalue weighted by molar-refractivity contribution is 0.0964. The molecule has 0 saturated heterocycles. The van der Waals surface area contributed by atoms with Gasteiger partial charge in [-0.2, -0.15) is 0 Å². The minimum atomic E-state index is -0.383. The van der Waals surface area contributed by atoms with Crippen molar-refractivity contribution in [2.75, 3.05) is 7.05 Å². The molecule has 0 aliphatic heterocycles. The largest absolute Gasteiger partial charge is 0.504 e. The van der Waals surface area contributed by atoms with Crippen LogP contribution in [0.3, 0.4) is 0 Å². The summed E-state index contributed by atoms with van der Waals surface area (Å²) in [7, 11) is 1.51. The van der Waals surface area contributed by atoms with Gasteiger partial charge >= 0.3 is 0 Å². The number of fused-ring (bicyclic) bond motifs is 1. The summed E-state index contributed by atoms with van der Waals surface area (Å²) >= 11 is 0. The Morgan fingerprint density at radius 2 is 1.92 bits per heavy atom. The van der Waals surface area contributed by atoms with Crippen molar-refractivity contribution in [1.29, 1.82) is 0 Å². The van der Waals surface area contributed by atoms with Gasteiger partial charge in [0.05, 0.1) is 11.7 Å². The average Bonchev–Trinajstić information content (AvgIpc) is 2.93. The highest BCUT2D eigenvalue weighted by Gasteiger charge is 2.23. The molecule has 6 heteroatoms. The SMILES string of the molecule is CNC(=O)c1c(-c2ccc(F)cc2)oc2cc(OC(C)C)c(O)cc12. The first-order valence-corrected chi connectivity index (χ1v) is 7.85. The van der Waals surface area contributed by atoms with Crippen LogP contribution in [0.1, 0.15) is 24.2 Å². The molecule has 2 aromatic carbocycles. The Hall–Kier alpha value is -3.02. The van der Waals surface area contributed by atoms with Crippen molar-refractivity contribution in [3.05, 3.63) is 47.8 Å². The molecule has 0 fully saturated rings. The van der Waals surface area contributed by atoms with E-state index in [1.807, 2.05) is 13.8 Å². The fourth-order valence-corrected chi connectivity index (χ4v) is 2.62. The van der Waals surface area contributed by atoms with Gasteiger partial charge in [0.2, 0.25) is 0 Å². The second kappa shape index (κ2) is 6.47. The van der Waals surface area contributed by atoms with E-state index < -0.39 is 0 Å². The molecule has 2 N–H and O–H groups in total. The fraction of sp³-hybridized carbons (Fsp3) is 0.211. The number of ether oxygens (including phenoxy) is 1. The maximum Gasteiger partial charge on any atom is 0.255 e. The monoisotopic (exact) mass is 343 g/mol. The molecule has 130 valence electrons. The Balaban J connectivity index is 2.25. The van der Waals surface area contributed by atoms with Crippen molar-refractivity contribution >= 4 is 16.9 Å². The molecule has 1 heterocycles. The summed E-state index contributed by atoms with van der Waals surface area (Å²) in [4.78, 5) is 12.4. The van der Waals surface area contributed by atoms with Crippen LogP contribution in [0.25, 0.3) is 22.3 Å². The molecule has 0 atom stereocenters. The number of carbonyl (C=O) groups is 1. The van der Waals surface area contributed by atoms with Crippen LogP contribution in [0.5, 0.6) is 11.5 Å². The van der Waals surface area contributed by atoms with Crippen molar-refractivity contribution in [1.82, 2.24) is 5.32 Å². The normalized spacial score (nSPS) is 11.1. The predicted octanol–water partition coefficient (Wildman–Crippen LogP) is 4.09. The number of nitrogens with one attached hydrogen (secondary N) is 1. The number of hydrogen-bond donors (Lipinski definition) is 2. The standard InChI is InChI=1S/C19H18FNO4/c1-10(2)24-16-9-15-13(8-14(16)22)17(19(23)21-3)18(25-15)11-4-6-12(20)7-5-11/h4-10,22H,1-3H3,(H,21,23). The number of phenolic OH excluding ortho intramolecular Hbond substituents is 1. The summed E-state index contributed by atoms with van der Waals surface area (Å²) in [5.41, 5.74) is 1.23. The third-order valence-corrected chi connectivity index (χ3v) is 3.69. The average molecular weight is 343 g/mol. The number of carbonyl (C=O) groups excluding carboxylic acids is 1. The number of halogens is 1. The summed E-state index contributed by atoms with van der Waals surface area (Å²) in [5, 5.41) is 13.2. The van der Waals surface area contributed by atoms with Crippen molar-refractivity contribution < 1.29 is 23.4 Å². The topological polar surface area (TPSA) is 71.7 Å². The summed E-state index contributed by atoms with van der Waals surface area (Å²) < 4.78 is 24.6. The number of rotatable bonds is 4. The first-order valence-electron chi connectivity index (χ1n) is 7.85. The quantitative estimate of drug-likeness (QED) is 0.748. The molecule has 0 bridgehead atoms. The Labute approximate surface area is 144 Å². The predicted molar refractivity (Wildman–Crippen MR) is 92.4 cm³/mol. The van der Waals surface area contributed by atoms with E-state index in [4.69, 9.17) is 9.15 Å². The molecule has 0 spiro atoms. The first-order chi connectivity index (χ1) is 11.9. The number of hydrogen-bond acceptors (Lipinski definition) is 4. The Bertz CT molecular complexity index is 929. The molecule has 0 unspecified atom stereocenters. The van der Waals surface area contributed by atoms with E-state index in [0.717, 1.165) is 0 Å². The Morgan fingerprint density at radius 1 is 1.24 bits per heavy atom. The van der Waals surface area contributed by atoms with Gasteiger partial charge in [0.1, 0.15) is 17.2 Å². The zero-order chi connectivity index (χ0) is 18.1. The van der Waals surface area contributed by atoms with Gasteiger partial charge < -0.3 is 19.6 Å². The maximum atomic E-state index is 13.2. The minimum absolute atomic E-state index is 0.0854. The van der Waals surface area contributed by atoms with Crippen molar-refractivity contribution in [3.8, 4) is 22.8 Å². The van der Waals surface area contributed by atoms with Gasteiger partial charge in [0, 0.05) is 24.1 Å². The Morgan fingerprint density at radius 3 is 2.52 bits per heavy atom. The number of aromatic hydroxyl groups is 1. The molecule has 5 nitrogen and oxygen atoms in total. The smallest absolute Gasteiger partial charge is 0.255 e. The van der Waals surface area contributed by atoms with Crippen molar-refractivity contribution in [3.63, 3.8) is 0 Å². The zero-order valence-corrected chi connectivity index (χ0v) is 14.1. The van der Waals surface area contributed by atoms with Crippen LogP contribution < -0.4 is 10.1 Å². The van der Waals surface area contributed by atoms with Crippen LogP contribution in [0.4, 0.5) is 4.39 Å². The van der Waals surface area contributed by atoms with E-state index in [1.54, 1.807) is 6.07 Å². The maximum absolute atomic E-state index is 13.2. The van der Waals surface area contributed by atoms with Crippen molar-refractivity contribution in [2.24, 2.45) is 0 Å². The van der Waals surface area contributed by atoms with Crippen LogP contribution in [0.15, 0.2) is 40.8 Å². The zero-order valence-electron chi connectivity index (χ0n) is 14.1. The van der Waals surface area contributed by atoms with Gasteiger partial charge in [0.15, 0.2) is 11.5 Å².